The Kier molecular flexibility index (Phi) is 2.39. The van der Waals surface area contributed by atoms with Crippen molar-refractivity contribution >= 4 is 17.3 Å². The van der Waals surface area contributed by atoms with Gasteiger partial charge in [0.1, 0.15) is 0 Å². The molecule has 0 saturated heterocycles. The highest BCUT2D eigenvalue weighted by Crippen LogP contribution is 2.13. The van der Waals surface area contributed by atoms with Gasteiger partial charge in [0.15, 0.2) is 5.78 Å². The third-order valence-corrected chi connectivity index (χ3v) is 2.29. The van der Waals surface area contributed by atoms with Crippen molar-refractivity contribution in [2.24, 2.45) is 5.92 Å². The van der Waals surface area contributed by atoms with Crippen LogP contribution >= 0.6 is 11.5 Å². The SMILES string of the molecule is Cc1cc(C(=O)C(C)C)sn1. The molecule has 0 unspecified atom stereocenters. The molecule has 0 spiro atoms. The largest absolute Gasteiger partial charge is 0.293 e. The number of aromatic nitrogens is 1. The molecule has 60 valence electrons. The van der Waals surface area contributed by atoms with Crippen molar-refractivity contribution in [3.05, 3.63) is 16.6 Å². The minimum Gasteiger partial charge on any atom is -0.293 e. The number of hydrogen-bond acceptors (Lipinski definition) is 3. The van der Waals surface area contributed by atoms with Gasteiger partial charge in [-0.3, -0.25) is 4.79 Å². The lowest BCUT2D eigenvalue weighted by Gasteiger charge is -1.97. The third-order valence-electron chi connectivity index (χ3n) is 1.40. The summed E-state index contributed by atoms with van der Waals surface area (Å²) in [6.07, 6.45) is 0. The van der Waals surface area contributed by atoms with E-state index in [0.717, 1.165) is 10.6 Å². The minimum absolute atomic E-state index is 0.0786. The van der Waals surface area contributed by atoms with Crippen molar-refractivity contribution in [3.8, 4) is 0 Å². The molecule has 0 aliphatic carbocycles. The Labute approximate surface area is 70.4 Å². The highest BCUT2D eigenvalue weighted by Gasteiger charge is 2.12. The molecule has 0 N–H and O–H groups in total. The van der Waals surface area contributed by atoms with Crippen LogP contribution in [0.15, 0.2) is 6.07 Å². The summed E-state index contributed by atoms with van der Waals surface area (Å²) in [5, 5.41) is 0. The first-order chi connectivity index (χ1) is 5.11. The maximum atomic E-state index is 11.3. The Morgan fingerprint density at radius 1 is 1.64 bits per heavy atom. The lowest BCUT2D eigenvalue weighted by molar-refractivity contribution is 0.0943. The fraction of sp³-hybridized carbons (Fsp3) is 0.500. The molecule has 0 aromatic carbocycles. The van der Waals surface area contributed by atoms with Crippen LogP contribution in [-0.4, -0.2) is 10.2 Å². The number of nitrogens with zero attached hydrogens (tertiary/aromatic N) is 1. The monoisotopic (exact) mass is 169 g/mol. The second-order valence-corrected chi connectivity index (χ2v) is 3.66. The van der Waals surface area contributed by atoms with Crippen LogP contribution in [0.3, 0.4) is 0 Å². The molecule has 1 aromatic heterocycles. The van der Waals surface area contributed by atoms with E-state index < -0.39 is 0 Å². The molecule has 0 amide bonds. The van der Waals surface area contributed by atoms with E-state index in [9.17, 15) is 4.79 Å². The van der Waals surface area contributed by atoms with Gasteiger partial charge < -0.3 is 0 Å². The van der Waals surface area contributed by atoms with Crippen LogP contribution in [0, 0.1) is 12.8 Å². The Hall–Kier alpha value is -0.700. The van der Waals surface area contributed by atoms with Gasteiger partial charge in [-0.25, -0.2) is 0 Å². The number of carbonyl (C=O) groups is 1. The van der Waals surface area contributed by atoms with Crippen LogP contribution in [0.2, 0.25) is 0 Å². The van der Waals surface area contributed by atoms with Gasteiger partial charge in [0.25, 0.3) is 0 Å². The van der Waals surface area contributed by atoms with Gasteiger partial charge >= 0.3 is 0 Å². The highest BCUT2D eigenvalue weighted by molar-refractivity contribution is 7.08. The molecule has 3 heteroatoms. The molecule has 0 fully saturated rings. The summed E-state index contributed by atoms with van der Waals surface area (Å²) < 4.78 is 4.04. The van der Waals surface area contributed by atoms with Crippen LogP contribution in [0.25, 0.3) is 0 Å². The molecule has 0 bridgehead atoms. The molecular formula is C8H11NOS. The van der Waals surface area contributed by atoms with E-state index in [4.69, 9.17) is 0 Å². The van der Waals surface area contributed by atoms with Gasteiger partial charge in [-0.1, -0.05) is 13.8 Å². The maximum Gasteiger partial charge on any atom is 0.176 e. The average Bonchev–Trinajstić information content (AvgIpc) is 2.34. The lowest BCUT2D eigenvalue weighted by atomic mass is 10.1. The zero-order chi connectivity index (χ0) is 8.43. The molecule has 1 heterocycles. The van der Waals surface area contributed by atoms with Crippen molar-refractivity contribution < 1.29 is 4.79 Å². The summed E-state index contributed by atoms with van der Waals surface area (Å²) in [5.74, 6) is 0.269. The fourth-order valence-electron chi connectivity index (χ4n) is 0.764. The average molecular weight is 169 g/mol. The first-order valence-electron chi connectivity index (χ1n) is 3.59. The third kappa shape index (κ3) is 1.87. The number of aryl methyl sites for hydroxylation is 1. The van der Waals surface area contributed by atoms with E-state index in [-0.39, 0.29) is 11.7 Å². The Morgan fingerprint density at radius 3 is 2.64 bits per heavy atom. The molecule has 11 heavy (non-hydrogen) atoms. The van der Waals surface area contributed by atoms with Crippen LogP contribution in [0.1, 0.15) is 29.2 Å². The van der Waals surface area contributed by atoms with E-state index in [2.05, 4.69) is 4.37 Å². The van der Waals surface area contributed by atoms with E-state index in [1.54, 1.807) is 0 Å². The van der Waals surface area contributed by atoms with Gasteiger partial charge in [-0.05, 0) is 24.5 Å². The van der Waals surface area contributed by atoms with E-state index in [1.165, 1.54) is 11.5 Å². The topological polar surface area (TPSA) is 30.0 Å². The van der Waals surface area contributed by atoms with E-state index >= 15 is 0 Å². The molecule has 0 aliphatic heterocycles. The summed E-state index contributed by atoms with van der Waals surface area (Å²) in [4.78, 5) is 12.1. The van der Waals surface area contributed by atoms with E-state index in [1.807, 2.05) is 26.8 Å². The van der Waals surface area contributed by atoms with Gasteiger partial charge in [0, 0.05) is 5.92 Å². The lowest BCUT2D eigenvalue weighted by Crippen LogP contribution is -2.04. The zero-order valence-corrected chi connectivity index (χ0v) is 7.73. The summed E-state index contributed by atoms with van der Waals surface area (Å²) in [5.41, 5.74) is 0.930. The second kappa shape index (κ2) is 3.13. The fourth-order valence-corrected chi connectivity index (χ4v) is 1.61. The normalized spacial score (nSPS) is 10.5. The van der Waals surface area contributed by atoms with Crippen molar-refractivity contribution in [3.63, 3.8) is 0 Å². The van der Waals surface area contributed by atoms with Gasteiger partial charge in [-0.15, -0.1) is 0 Å². The predicted molar refractivity (Wildman–Crippen MR) is 46.0 cm³/mol. The molecule has 1 rings (SSSR count). The molecule has 1 aromatic rings. The van der Waals surface area contributed by atoms with Gasteiger partial charge in [0.05, 0.1) is 10.6 Å². The van der Waals surface area contributed by atoms with Gasteiger partial charge in [-0.2, -0.15) is 4.37 Å². The van der Waals surface area contributed by atoms with Crippen LogP contribution in [0.5, 0.6) is 0 Å². The number of rotatable bonds is 2. The maximum absolute atomic E-state index is 11.3. The Bertz CT molecular complexity index is 265. The molecule has 2 nitrogen and oxygen atoms in total. The second-order valence-electron chi connectivity index (χ2n) is 2.85. The van der Waals surface area contributed by atoms with Crippen LogP contribution < -0.4 is 0 Å². The number of ketones is 1. The highest BCUT2D eigenvalue weighted by atomic mass is 32.1. The van der Waals surface area contributed by atoms with Crippen LogP contribution in [-0.2, 0) is 0 Å². The molecular weight excluding hydrogens is 158 g/mol. The summed E-state index contributed by atoms with van der Waals surface area (Å²) in [7, 11) is 0. The molecule has 0 radical (unpaired) electrons. The molecule has 0 atom stereocenters. The van der Waals surface area contributed by atoms with E-state index in [0.29, 0.717) is 0 Å². The first kappa shape index (κ1) is 8.40. The Balaban J connectivity index is 2.85. The Morgan fingerprint density at radius 2 is 2.27 bits per heavy atom. The number of Topliss-reactive ketones (excluding diaryl/α,β-unsaturated/α-hetero) is 1. The van der Waals surface area contributed by atoms with Crippen molar-refractivity contribution in [1.82, 2.24) is 4.37 Å². The molecule has 0 aliphatic rings. The smallest absolute Gasteiger partial charge is 0.176 e. The first-order valence-corrected chi connectivity index (χ1v) is 4.36. The quantitative estimate of drug-likeness (QED) is 0.636. The number of carbonyl (C=O) groups excluding carboxylic acids is 1. The molecule has 0 saturated carbocycles. The van der Waals surface area contributed by atoms with Crippen molar-refractivity contribution in [2.75, 3.05) is 0 Å². The van der Waals surface area contributed by atoms with Crippen molar-refractivity contribution in [2.45, 2.75) is 20.8 Å². The predicted octanol–water partition coefficient (Wildman–Crippen LogP) is 2.29. The number of hydrogen-bond donors (Lipinski definition) is 0. The van der Waals surface area contributed by atoms with Crippen LogP contribution in [0.4, 0.5) is 0 Å². The summed E-state index contributed by atoms with van der Waals surface area (Å²) >= 11 is 1.29. The summed E-state index contributed by atoms with van der Waals surface area (Å²) in [6.45, 7) is 5.70. The zero-order valence-electron chi connectivity index (χ0n) is 6.92. The minimum atomic E-state index is 0.0786. The standard InChI is InChI=1S/C8H11NOS/c1-5(2)8(10)7-4-6(3)9-11-7/h4-5H,1-3H3. The van der Waals surface area contributed by atoms with Crippen molar-refractivity contribution in [1.29, 1.82) is 0 Å². The summed E-state index contributed by atoms with van der Waals surface area (Å²) in [6, 6.07) is 1.84. The van der Waals surface area contributed by atoms with Gasteiger partial charge in [0.2, 0.25) is 0 Å².